The number of aliphatic imine (C=N–C) groups is 1. The lowest BCUT2D eigenvalue weighted by molar-refractivity contribution is 0.441. The van der Waals surface area contributed by atoms with Gasteiger partial charge in [0.2, 0.25) is 0 Å². The van der Waals surface area contributed by atoms with E-state index in [-0.39, 0.29) is 11.9 Å². The van der Waals surface area contributed by atoms with Gasteiger partial charge in [-0.1, -0.05) is 17.7 Å². The molecule has 1 unspecified atom stereocenters. The summed E-state index contributed by atoms with van der Waals surface area (Å²) < 4.78 is 18.6. The molecule has 23 heavy (non-hydrogen) atoms. The molecule has 4 nitrogen and oxygen atoms in total. The molecule has 124 valence electrons. The Balaban J connectivity index is 1.85. The van der Waals surface area contributed by atoms with Crippen LogP contribution in [0, 0.1) is 12.7 Å². The zero-order chi connectivity index (χ0) is 16.8. The minimum absolute atomic E-state index is 0.00399. The monoisotopic (exact) mass is 337 g/mol. The lowest BCUT2D eigenvalue weighted by Gasteiger charge is -2.16. The second-order valence-electron chi connectivity index (χ2n) is 5.30. The van der Waals surface area contributed by atoms with Gasteiger partial charge in [0.05, 0.1) is 6.04 Å². The molecule has 1 atom stereocenters. The van der Waals surface area contributed by atoms with Gasteiger partial charge in [-0.2, -0.15) is 0 Å². The van der Waals surface area contributed by atoms with E-state index < -0.39 is 0 Å². The van der Waals surface area contributed by atoms with Gasteiger partial charge in [-0.15, -0.1) is 0 Å². The van der Waals surface area contributed by atoms with Crippen molar-refractivity contribution in [3.05, 3.63) is 58.3 Å². The number of aryl methyl sites for hydroxylation is 1. The van der Waals surface area contributed by atoms with Crippen LogP contribution in [-0.2, 0) is 6.42 Å². The zero-order valence-corrected chi connectivity index (χ0v) is 14.2. The average molecular weight is 338 g/mol. The summed E-state index contributed by atoms with van der Waals surface area (Å²) in [5, 5.41) is 6.91. The normalized spacial score (nSPS) is 13.0. The summed E-state index contributed by atoms with van der Waals surface area (Å²) in [5.74, 6) is 2.08. The minimum Gasteiger partial charge on any atom is -0.464 e. The predicted octanol–water partition coefficient (Wildman–Crippen LogP) is 3.85. The van der Waals surface area contributed by atoms with Gasteiger partial charge in [-0.05, 0) is 50.1 Å². The van der Waals surface area contributed by atoms with Crippen LogP contribution in [-0.4, -0.2) is 19.6 Å². The number of rotatable bonds is 5. The molecule has 6 heteroatoms. The summed E-state index contributed by atoms with van der Waals surface area (Å²) in [6, 6.07) is 8.31. The molecule has 2 aromatic rings. The van der Waals surface area contributed by atoms with Crippen LogP contribution >= 0.6 is 11.6 Å². The van der Waals surface area contributed by atoms with Gasteiger partial charge < -0.3 is 15.1 Å². The first-order valence-corrected chi connectivity index (χ1v) is 7.85. The molecular formula is C17H21ClFN3O. The van der Waals surface area contributed by atoms with Crippen LogP contribution in [0.25, 0.3) is 0 Å². The van der Waals surface area contributed by atoms with Crippen LogP contribution in [0.4, 0.5) is 4.39 Å². The number of hydrogen-bond acceptors (Lipinski definition) is 2. The fraction of sp³-hybridized carbons (Fsp3) is 0.353. The van der Waals surface area contributed by atoms with E-state index in [9.17, 15) is 4.39 Å². The minimum atomic E-state index is -0.327. The first-order chi connectivity index (χ1) is 11.0. The van der Waals surface area contributed by atoms with Gasteiger partial charge in [0.1, 0.15) is 17.3 Å². The summed E-state index contributed by atoms with van der Waals surface area (Å²) in [4.78, 5) is 4.19. The molecule has 1 aromatic heterocycles. The Labute approximate surface area is 140 Å². The summed E-state index contributed by atoms with van der Waals surface area (Å²) in [6.07, 6.45) is 0.675. The molecule has 0 aliphatic heterocycles. The SMILES string of the molecule is CN=C(NCCc1ccc(F)cc1Cl)NC(C)c1ccc(C)o1. The average Bonchev–Trinajstić information content (AvgIpc) is 2.95. The molecule has 0 saturated heterocycles. The second-order valence-corrected chi connectivity index (χ2v) is 5.71. The van der Waals surface area contributed by atoms with Crippen molar-refractivity contribution in [3.8, 4) is 0 Å². The third-order valence-corrected chi connectivity index (χ3v) is 3.82. The smallest absolute Gasteiger partial charge is 0.191 e. The van der Waals surface area contributed by atoms with Crippen molar-refractivity contribution in [2.45, 2.75) is 26.3 Å². The zero-order valence-electron chi connectivity index (χ0n) is 13.5. The summed E-state index contributed by atoms with van der Waals surface area (Å²) in [5.41, 5.74) is 0.894. The van der Waals surface area contributed by atoms with E-state index in [1.54, 1.807) is 13.1 Å². The molecule has 0 spiro atoms. The molecule has 0 amide bonds. The highest BCUT2D eigenvalue weighted by Gasteiger charge is 2.11. The number of furan rings is 1. The molecule has 0 aliphatic rings. The number of halogens is 2. The predicted molar refractivity (Wildman–Crippen MR) is 91.5 cm³/mol. The number of benzene rings is 1. The highest BCUT2D eigenvalue weighted by atomic mass is 35.5. The van der Waals surface area contributed by atoms with E-state index in [0.717, 1.165) is 17.1 Å². The van der Waals surface area contributed by atoms with E-state index in [1.807, 2.05) is 26.0 Å². The molecule has 2 rings (SSSR count). The van der Waals surface area contributed by atoms with E-state index >= 15 is 0 Å². The standard InChI is InChI=1S/C17H21ClFN3O/c1-11-4-7-16(23-11)12(2)22-17(20-3)21-9-8-13-5-6-14(19)10-15(13)18/h4-7,10,12H,8-9H2,1-3H3,(H2,20,21,22). The molecule has 1 heterocycles. The Kier molecular flexibility index (Phi) is 6.04. The van der Waals surface area contributed by atoms with Crippen molar-refractivity contribution in [3.63, 3.8) is 0 Å². The lowest BCUT2D eigenvalue weighted by Crippen LogP contribution is -2.39. The fourth-order valence-corrected chi connectivity index (χ4v) is 2.46. The number of nitrogens with zero attached hydrogens (tertiary/aromatic N) is 1. The van der Waals surface area contributed by atoms with Crippen LogP contribution in [0.15, 0.2) is 39.7 Å². The van der Waals surface area contributed by atoms with E-state index in [2.05, 4.69) is 15.6 Å². The molecule has 0 bridgehead atoms. The van der Waals surface area contributed by atoms with Crippen LogP contribution in [0.5, 0.6) is 0 Å². The van der Waals surface area contributed by atoms with Crippen LogP contribution in [0.3, 0.4) is 0 Å². The van der Waals surface area contributed by atoms with Crippen molar-refractivity contribution in [1.82, 2.24) is 10.6 Å². The van der Waals surface area contributed by atoms with Crippen molar-refractivity contribution in [1.29, 1.82) is 0 Å². The highest BCUT2D eigenvalue weighted by molar-refractivity contribution is 6.31. The molecular weight excluding hydrogens is 317 g/mol. The molecule has 0 fully saturated rings. The first kappa shape index (κ1) is 17.3. The Morgan fingerprint density at radius 2 is 2.13 bits per heavy atom. The maximum Gasteiger partial charge on any atom is 0.191 e. The third kappa shape index (κ3) is 4.99. The molecule has 0 saturated carbocycles. The highest BCUT2D eigenvalue weighted by Crippen LogP contribution is 2.17. The molecule has 1 aromatic carbocycles. The van der Waals surface area contributed by atoms with Crippen molar-refractivity contribution < 1.29 is 8.81 Å². The number of nitrogens with one attached hydrogen (secondary N) is 2. The van der Waals surface area contributed by atoms with Crippen LogP contribution in [0.1, 0.15) is 30.0 Å². The quantitative estimate of drug-likeness (QED) is 0.643. The Hall–Kier alpha value is -2.01. The Morgan fingerprint density at radius 3 is 2.74 bits per heavy atom. The Bertz CT molecular complexity index is 684. The molecule has 0 radical (unpaired) electrons. The van der Waals surface area contributed by atoms with Crippen LogP contribution < -0.4 is 10.6 Å². The van der Waals surface area contributed by atoms with Gasteiger partial charge in [0.15, 0.2) is 5.96 Å². The third-order valence-electron chi connectivity index (χ3n) is 3.47. The molecule has 2 N–H and O–H groups in total. The number of guanidine groups is 1. The van der Waals surface area contributed by atoms with Gasteiger partial charge >= 0.3 is 0 Å². The summed E-state index contributed by atoms with van der Waals surface area (Å²) >= 11 is 6.02. The largest absolute Gasteiger partial charge is 0.464 e. The van der Waals surface area contributed by atoms with Crippen molar-refractivity contribution in [2.24, 2.45) is 4.99 Å². The second kappa shape index (κ2) is 8.02. The molecule has 0 aliphatic carbocycles. The Morgan fingerprint density at radius 1 is 1.35 bits per heavy atom. The summed E-state index contributed by atoms with van der Waals surface area (Å²) in [6.45, 7) is 4.55. The van der Waals surface area contributed by atoms with Crippen molar-refractivity contribution in [2.75, 3.05) is 13.6 Å². The van der Waals surface area contributed by atoms with Crippen molar-refractivity contribution >= 4 is 17.6 Å². The van der Waals surface area contributed by atoms with Gasteiger partial charge in [-0.3, -0.25) is 4.99 Å². The maximum absolute atomic E-state index is 13.0. The lowest BCUT2D eigenvalue weighted by atomic mass is 10.1. The maximum atomic E-state index is 13.0. The van der Waals surface area contributed by atoms with Gasteiger partial charge in [0.25, 0.3) is 0 Å². The topological polar surface area (TPSA) is 49.6 Å². The van der Waals surface area contributed by atoms with Gasteiger partial charge in [-0.25, -0.2) is 4.39 Å². The van der Waals surface area contributed by atoms with Gasteiger partial charge in [0, 0.05) is 18.6 Å². The summed E-state index contributed by atoms with van der Waals surface area (Å²) in [7, 11) is 1.71. The first-order valence-electron chi connectivity index (χ1n) is 7.47. The number of hydrogen-bond donors (Lipinski definition) is 2. The van der Waals surface area contributed by atoms with E-state index in [1.165, 1.54) is 12.1 Å². The fourth-order valence-electron chi connectivity index (χ4n) is 2.20. The van der Waals surface area contributed by atoms with E-state index in [0.29, 0.717) is 23.9 Å². The van der Waals surface area contributed by atoms with Crippen LogP contribution in [0.2, 0.25) is 5.02 Å². The van der Waals surface area contributed by atoms with E-state index in [4.69, 9.17) is 16.0 Å².